The van der Waals surface area contributed by atoms with E-state index in [9.17, 15) is 14.9 Å². The number of carbonyl (C=O) groups is 1. The predicted octanol–water partition coefficient (Wildman–Crippen LogP) is 1.94. The van der Waals surface area contributed by atoms with Crippen molar-refractivity contribution in [2.75, 3.05) is 11.9 Å². The average molecular weight is 284 g/mol. The summed E-state index contributed by atoms with van der Waals surface area (Å²) in [5.74, 6) is -0.173. The summed E-state index contributed by atoms with van der Waals surface area (Å²) < 4.78 is 1.45. The Hall–Kier alpha value is -2.12. The highest BCUT2D eigenvalue weighted by atomic mass is 16.6. The number of anilines is 1. The molecule has 8 heteroatoms. The normalized spacial score (nSPS) is 12.2. The van der Waals surface area contributed by atoms with Crippen molar-refractivity contribution in [3.8, 4) is 0 Å². The molecule has 0 bridgehead atoms. The first-order chi connectivity index (χ1) is 9.32. The van der Waals surface area contributed by atoms with Crippen molar-refractivity contribution in [1.82, 2.24) is 9.78 Å². The Morgan fingerprint density at radius 3 is 2.75 bits per heavy atom. The van der Waals surface area contributed by atoms with Gasteiger partial charge in [0.25, 0.3) is 0 Å². The minimum absolute atomic E-state index is 0.00862. The van der Waals surface area contributed by atoms with Gasteiger partial charge in [-0.2, -0.15) is 5.10 Å². The van der Waals surface area contributed by atoms with Gasteiger partial charge in [0.15, 0.2) is 0 Å². The van der Waals surface area contributed by atoms with Crippen LogP contribution in [0.4, 0.5) is 11.5 Å². The first-order valence-electron chi connectivity index (χ1n) is 6.46. The van der Waals surface area contributed by atoms with E-state index < -0.39 is 10.9 Å². The predicted molar refractivity (Wildman–Crippen MR) is 73.7 cm³/mol. The lowest BCUT2D eigenvalue weighted by Crippen LogP contribution is -2.11. The number of carboxylic acids is 1. The Labute approximate surface area is 116 Å². The first kappa shape index (κ1) is 15.9. The van der Waals surface area contributed by atoms with Gasteiger partial charge >= 0.3 is 11.7 Å². The standard InChI is InChI=1S/C12H20N4O4/c1-8(4-5-10(17)18)6-7-13-12-11(16(19)20)9(2)14-15(12)3/h8,13H,4-7H2,1-3H3,(H,17,18). The van der Waals surface area contributed by atoms with E-state index in [4.69, 9.17) is 5.11 Å². The van der Waals surface area contributed by atoms with E-state index >= 15 is 0 Å². The van der Waals surface area contributed by atoms with Gasteiger partial charge in [-0.1, -0.05) is 6.92 Å². The highest BCUT2D eigenvalue weighted by molar-refractivity contribution is 5.66. The second-order valence-electron chi connectivity index (χ2n) is 4.92. The number of nitrogens with zero attached hydrogens (tertiary/aromatic N) is 3. The number of aryl methyl sites for hydroxylation is 2. The molecule has 0 saturated carbocycles. The third-order valence-electron chi connectivity index (χ3n) is 3.15. The fourth-order valence-electron chi connectivity index (χ4n) is 2.01. The molecule has 1 rings (SSSR count). The van der Waals surface area contributed by atoms with Crippen LogP contribution in [-0.4, -0.2) is 32.3 Å². The molecule has 0 aliphatic heterocycles. The van der Waals surface area contributed by atoms with E-state index in [-0.39, 0.29) is 18.0 Å². The fourth-order valence-corrected chi connectivity index (χ4v) is 2.01. The third-order valence-corrected chi connectivity index (χ3v) is 3.15. The maximum Gasteiger partial charge on any atom is 0.333 e. The van der Waals surface area contributed by atoms with Crippen LogP contribution in [0.2, 0.25) is 0 Å². The lowest BCUT2D eigenvalue weighted by atomic mass is 10.0. The van der Waals surface area contributed by atoms with Crippen molar-refractivity contribution in [3.63, 3.8) is 0 Å². The summed E-state index contributed by atoms with van der Waals surface area (Å²) in [4.78, 5) is 21.0. The molecule has 0 aliphatic carbocycles. The van der Waals surface area contributed by atoms with E-state index in [0.29, 0.717) is 24.5 Å². The Kier molecular flexibility index (Phi) is 5.48. The van der Waals surface area contributed by atoms with Crippen LogP contribution >= 0.6 is 0 Å². The average Bonchev–Trinajstić information content (AvgIpc) is 2.61. The fraction of sp³-hybridized carbons (Fsp3) is 0.667. The van der Waals surface area contributed by atoms with Crippen LogP contribution in [0.25, 0.3) is 0 Å². The molecule has 1 unspecified atom stereocenters. The molecule has 1 heterocycles. The van der Waals surface area contributed by atoms with Crippen molar-refractivity contribution in [2.24, 2.45) is 13.0 Å². The largest absolute Gasteiger partial charge is 0.481 e. The van der Waals surface area contributed by atoms with Crippen LogP contribution in [0, 0.1) is 23.0 Å². The van der Waals surface area contributed by atoms with E-state index in [1.54, 1.807) is 14.0 Å². The molecule has 1 aromatic rings. The van der Waals surface area contributed by atoms with E-state index in [1.165, 1.54) is 4.68 Å². The van der Waals surface area contributed by atoms with Crippen LogP contribution in [0.5, 0.6) is 0 Å². The maximum atomic E-state index is 11.0. The molecule has 0 fully saturated rings. The number of nitrogens with one attached hydrogen (secondary N) is 1. The summed E-state index contributed by atoms with van der Waals surface area (Å²) >= 11 is 0. The van der Waals surface area contributed by atoms with Gasteiger partial charge < -0.3 is 10.4 Å². The highest BCUT2D eigenvalue weighted by Crippen LogP contribution is 2.27. The van der Waals surface area contributed by atoms with Gasteiger partial charge in [0.2, 0.25) is 5.82 Å². The van der Waals surface area contributed by atoms with Gasteiger partial charge in [-0.25, -0.2) is 4.68 Å². The zero-order valence-electron chi connectivity index (χ0n) is 11.9. The Bertz CT molecular complexity index is 498. The van der Waals surface area contributed by atoms with Gasteiger partial charge in [-0.05, 0) is 25.7 Å². The molecule has 8 nitrogen and oxygen atoms in total. The summed E-state index contributed by atoms with van der Waals surface area (Å²) in [6.45, 7) is 4.10. The van der Waals surface area contributed by atoms with Crippen molar-refractivity contribution < 1.29 is 14.8 Å². The molecule has 1 atom stereocenters. The van der Waals surface area contributed by atoms with Gasteiger partial charge in [0.1, 0.15) is 5.69 Å². The van der Waals surface area contributed by atoms with Crippen molar-refractivity contribution in [1.29, 1.82) is 0 Å². The zero-order chi connectivity index (χ0) is 15.3. The summed E-state index contributed by atoms with van der Waals surface area (Å²) in [5, 5.41) is 26.6. The number of rotatable bonds is 8. The molecule has 112 valence electrons. The smallest absolute Gasteiger partial charge is 0.333 e. The summed E-state index contributed by atoms with van der Waals surface area (Å²) in [7, 11) is 1.65. The lowest BCUT2D eigenvalue weighted by Gasteiger charge is -2.11. The highest BCUT2D eigenvalue weighted by Gasteiger charge is 2.23. The van der Waals surface area contributed by atoms with Gasteiger partial charge in [0.05, 0.1) is 4.92 Å². The summed E-state index contributed by atoms with van der Waals surface area (Å²) in [6, 6.07) is 0. The molecule has 0 spiro atoms. The van der Waals surface area contributed by atoms with Crippen LogP contribution in [0.15, 0.2) is 0 Å². The summed E-state index contributed by atoms with van der Waals surface area (Å²) in [6.07, 6.45) is 1.49. The van der Waals surface area contributed by atoms with Gasteiger partial charge in [-0.15, -0.1) is 0 Å². The molecule has 2 N–H and O–H groups in total. The Morgan fingerprint density at radius 2 is 2.20 bits per heavy atom. The van der Waals surface area contributed by atoms with Crippen LogP contribution in [0.1, 0.15) is 31.9 Å². The molecular weight excluding hydrogens is 264 g/mol. The topological polar surface area (TPSA) is 110 Å². The quantitative estimate of drug-likeness (QED) is 0.557. The minimum atomic E-state index is -0.803. The number of carboxylic acid groups (broad SMARTS) is 1. The van der Waals surface area contributed by atoms with Crippen molar-refractivity contribution >= 4 is 17.5 Å². The second kappa shape index (κ2) is 6.88. The number of hydrogen-bond acceptors (Lipinski definition) is 5. The molecule has 1 aromatic heterocycles. The number of aromatic nitrogens is 2. The first-order valence-corrected chi connectivity index (χ1v) is 6.46. The molecule has 0 saturated heterocycles. The maximum absolute atomic E-state index is 11.0. The van der Waals surface area contributed by atoms with Crippen LogP contribution in [-0.2, 0) is 11.8 Å². The van der Waals surface area contributed by atoms with E-state index in [0.717, 1.165) is 6.42 Å². The van der Waals surface area contributed by atoms with Crippen LogP contribution < -0.4 is 5.32 Å². The van der Waals surface area contributed by atoms with E-state index in [2.05, 4.69) is 10.4 Å². The monoisotopic (exact) mass is 284 g/mol. The minimum Gasteiger partial charge on any atom is -0.481 e. The molecule has 0 radical (unpaired) electrons. The number of nitro groups is 1. The van der Waals surface area contributed by atoms with E-state index in [1.807, 2.05) is 6.92 Å². The molecule has 0 aliphatic rings. The van der Waals surface area contributed by atoms with Crippen molar-refractivity contribution in [2.45, 2.75) is 33.1 Å². The SMILES string of the molecule is Cc1nn(C)c(NCCC(C)CCC(=O)O)c1[N+](=O)[O-]. The van der Waals surface area contributed by atoms with Crippen molar-refractivity contribution in [3.05, 3.63) is 15.8 Å². The Balaban J connectivity index is 2.54. The van der Waals surface area contributed by atoms with Gasteiger partial charge in [0, 0.05) is 20.0 Å². The third kappa shape index (κ3) is 4.22. The molecule has 0 amide bonds. The second-order valence-corrected chi connectivity index (χ2v) is 4.92. The molecule has 20 heavy (non-hydrogen) atoms. The number of aliphatic carboxylic acids is 1. The zero-order valence-corrected chi connectivity index (χ0v) is 11.9. The molecular formula is C12H20N4O4. The summed E-state index contributed by atoms with van der Waals surface area (Å²) in [5.41, 5.74) is 0.365. The Morgan fingerprint density at radius 1 is 1.55 bits per heavy atom. The number of hydrogen-bond donors (Lipinski definition) is 2. The lowest BCUT2D eigenvalue weighted by molar-refractivity contribution is -0.384. The van der Waals surface area contributed by atoms with Gasteiger partial charge in [-0.3, -0.25) is 14.9 Å². The molecule has 0 aromatic carbocycles. The van der Waals surface area contributed by atoms with Crippen LogP contribution in [0.3, 0.4) is 0 Å².